The van der Waals surface area contributed by atoms with Crippen molar-refractivity contribution >= 4 is 49.3 Å². The van der Waals surface area contributed by atoms with Crippen LogP contribution in [0.25, 0.3) is 60.5 Å². The normalized spacial score (nSPS) is 11.9. The van der Waals surface area contributed by atoms with Gasteiger partial charge in [-0.2, -0.15) is 0 Å². The van der Waals surface area contributed by atoms with Crippen molar-refractivity contribution in [3.8, 4) is 22.8 Å². The van der Waals surface area contributed by atoms with E-state index in [1.165, 1.54) is 0 Å². The minimum atomic E-state index is -0.105. The van der Waals surface area contributed by atoms with Crippen molar-refractivity contribution in [1.82, 2.24) is 19.4 Å². The monoisotopic (exact) mass is 737 g/mol. The fourth-order valence-corrected chi connectivity index (χ4v) is 5.74. The Morgan fingerprint density at radius 2 is 1.53 bits per heavy atom. The molecule has 0 bridgehead atoms. The average molecular weight is 738 g/mol. The molecule has 0 N–H and O–H groups in total. The summed E-state index contributed by atoms with van der Waals surface area (Å²) in [5.74, 6) is 1.21. The Balaban J connectivity index is 0.00000300. The summed E-state index contributed by atoms with van der Waals surface area (Å²) >= 11 is 0. The Kier molecular flexibility index (Phi) is 6.52. The van der Waals surface area contributed by atoms with Crippen LogP contribution in [0.5, 0.6) is 11.5 Å². The van der Waals surface area contributed by atoms with Crippen LogP contribution >= 0.6 is 0 Å². The van der Waals surface area contributed by atoms with E-state index in [1.807, 2.05) is 60.9 Å². The topological polar surface area (TPSA) is 52.3 Å². The number of para-hydroxylation sites is 2. The zero-order valence-electron chi connectivity index (χ0n) is 23.8. The number of imidazole rings is 1. The summed E-state index contributed by atoms with van der Waals surface area (Å²) in [5, 5.41) is 4.06. The summed E-state index contributed by atoms with van der Waals surface area (Å²) in [6.07, 6.45) is 3.68. The molecule has 0 saturated heterocycles. The molecule has 4 heterocycles. The standard InChI is InChI=1S/C37H26N4O.Pt/c1-37(2,3)25-19-24(34-28-10-5-4-9-23(28)16-18-39-34)20-27(21-25)42-26-14-15-29-30(22-26)36-40-31-11-6-7-12-32(31)41(36)33-13-8-17-38-35(29)33;/h4-19,21H,1-3H3;/q-2;+2. The maximum atomic E-state index is 6.54. The third-order valence-corrected chi connectivity index (χ3v) is 7.84. The fourth-order valence-electron chi connectivity index (χ4n) is 5.74. The van der Waals surface area contributed by atoms with Crippen molar-refractivity contribution in [3.63, 3.8) is 0 Å². The van der Waals surface area contributed by atoms with Crippen LogP contribution in [-0.4, -0.2) is 19.4 Å². The van der Waals surface area contributed by atoms with Crippen LogP contribution in [0.1, 0.15) is 26.3 Å². The molecular weight excluding hydrogens is 712 g/mol. The van der Waals surface area contributed by atoms with Gasteiger partial charge in [-0.25, -0.2) is 0 Å². The van der Waals surface area contributed by atoms with Crippen molar-refractivity contribution < 1.29 is 25.8 Å². The number of hydrogen-bond donors (Lipinski definition) is 0. The number of fused-ring (bicyclic) bond motifs is 9. The van der Waals surface area contributed by atoms with Crippen LogP contribution in [-0.2, 0) is 26.5 Å². The summed E-state index contributed by atoms with van der Waals surface area (Å²) in [7, 11) is 0. The molecule has 0 saturated carbocycles. The Morgan fingerprint density at radius 1 is 0.721 bits per heavy atom. The van der Waals surface area contributed by atoms with Crippen molar-refractivity contribution in [1.29, 1.82) is 0 Å². The molecule has 0 atom stereocenters. The van der Waals surface area contributed by atoms with Gasteiger partial charge in [0.15, 0.2) is 0 Å². The number of rotatable bonds is 3. The van der Waals surface area contributed by atoms with Crippen LogP contribution in [0.4, 0.5) is 0 Å². The first-order valence-corrected chi connectivity index (χ1v) is 14.0. The van der Waals surface area contributed by atoms with Gasteiger partial charge >= 0.3 is 21.1 Å². The van der Waals surface area contributed by atoms with Gasteiger partial charge in [0.1, 0.15) is 0 Å². The molecule has 6 heteroatoms. The SMILES string of the molecule is CC(C)(C)c1cc(Oc2[c-]c3c(cc2)c2ncccc2n2c4ccccc4nc32)[c-]c(-c2nccc3ccccc23)c1.[Pt+2]. The van der Waals surface area contributed by atoms with E-state index in [4.69, 9.17) is 19.7 Å². The zero-order chi connectivity index (χ0) is 28.4. The van der Waals surface area contributed by atoms with E-state index >= 15 is 0 Å². The Hall–Kier alpha value is -4.60. The number of aromatic nitrogens is 4. The number of pyridine rings is 3. The van der Waals surface area contributed by atoms with E-state index in [-0.39, 0.29) is 26.5 Å². The zero-order valence-corrected chi connectivity index (χ0v) is 26.1. The van der Waals surface area contributed by atoms with Crippen LogP contribution in [0.15, 0.2) is 103 Å². The summed E-state index contributed by atoms with van der Waals surface area (Å²) in [5.41, 5.74) is 7.50. The molecule has 4 aromatic carbocycles. The van der Waals surface area contributed by atoms with E-state index in [0.717, 1.165) is 66.1 Å². The molecule has 0 aliphatic carbocycles. The molecule has 43 heavy (non-hydrogen) atoms. The van der Waals surface area contributed by atoms with Gasteiger partial charge < -0.3 is 14.1 Å². The first-order valence-electron chi connectivity index (χ1n) is 14.0. The van der Waals surface area contributed by atoms with Crippen LogP contribution in [0.3, 0.4) is 0 Å². The maximum Gasteiger partial charge on any atom is 2.00 e. The first kappa shape index (κ1) is 27.2. The second kappa shape index (κ2) is 10.3. The Morgan fingerprint density at radius 3 is 2.42 bits per heavy atom. The minimum absolute atomic E-state index is 0. The second-order valence-electron chi connectivity index (χ2n) is 11.6. The van der Waals surface area contributed by atoms with Crippen molar-refractivity contribution in [2.45, 2.75) is 26.2 Å². The predicted octanol–water partition coefficient (Wildman–Crippen LogP) is 9.09. The largest absolute Gasteiger partial charge is 2.00 e. The fraction of sp³-hybridized carbons (Fsp3) is 0.108. The van der Waals surface area contributed by atoms with Crippen molar-refractivity contribution in [2.75, 3.05) is 0 Å². The number of nitrogens with zero attached hydrogens (tertiary/aromatic N) is 4. The molecule has 0 aliphatic rings. The predicted molar refractivity (Wildman–Crippen MR) is 169 cm³/mol. The van der Waals surface area contributed by atoms with Gasteiger partial charge in [-0.3, -0.25) is 9.97 Å². The van der Waals surface area contributed by atoms with Gasteiger partial charge in [-0.1, -0.05) is 92.2 Å². The number of benzene rings is 4. The summed E-state index contributed by atoms with van der Waals surface area (Å²) in [4.78, 5) is 14.5. The van der Waals surface area contributed by atoms with E-state index in [2.05, 4.69) is 79.8 Å². The quantitative estimate of drug-likeness (QED) is 0.134. The summed E-state index contributed by atoms with van der Waals surface area (Å²) in [6, 6.07) is 37.8. The molecule has 0 fully saturated rings. The molecule has 5 nitrogen and oxygen atoms in total. The first-order chi connectivity index (χ1) is 20.4. The molecule has 4 aromatic heterocycles. The van der Waals surface area contributed by atoms with Crippen LogP contribution in [0, 0.1) is 12.1 Å². The van der Waals surface area contributed by atoms with Gasteiger partial charge in [-0.15, -0.1) is 23.3 Å². The molecule has 0 aliphatic heterocycles. The van der Waals surface area contributed by atoms with E-state index < -0.39 is 0 Å². The third kappa shape index (κ3) is 4.56. The molecule has 8 rings (SSSR count). The molecule has 0 radical (unpaired) electrons. The van der Waals surface area contributed by atoms with Crippen LogP contribution < -0.4 is 4.74 Å². The van der Waals surface area contributed by atoms with Gasteiger partial charge in [0.25, 0.3) is 0 Å². The maximum absolute atomic E-state index is 6.54. The number of ether oxygens (including phenoxy) is 1. The molecule has 8 aromatic rings. The Labute approximate surface area is 263 Å². The third-order valence-electron chi connectivity index (χ3n) is 7.84. The van der Waals surface area contributed by atoms with Gasteiger partial charge in [0, 0.05) is 23.9 Å². The van der Waals surface area contributed by atoms with Crippen LogP contribution in [0.2, 0.25) is 0 Å². The molecule has 210 valence electrons. The van der Waals surface area contributed by atoms with Crippen molar-refractivity contribution in [2.24, 2.45) is 0 Å². The van der Waals surface area contributed by atoms with Crippen molar-refractivity contribution in [3.05, 3.63) is 121 Å². The number of hydrogen-bond acceptors (Lipinski definition) is 4. The minimum Gasteiger partial charge on any atom is -0.497 e. The molecule has 0 amide bonds. The van der Waals surface area contributed by atoms with Gasteiger partial charge in [-0.05, 0) is 52.2 Å². The average Bonchev–Trinajstić information content (AvgIpc) is 3.40. The van der Waals surface area contributed by atoms with E-state index in [1.54, 1.807) is 0 Å². The second-order valence-corrected chi connectivity index (χ2v) is 11.6. The van der Waals surface area contributed by atoms with E-state index in [9.17, 15) is 0 Å². The smallest absolute Gasteiger partial charge is 0.497 e. The van der Waals surface area contributed by atoms with Gasteiger partial charge in [0.05, 0.1) is 27.7 Å². The molecular formula is C37H26N4OPt. The Bertz CT molecular complexity index is 2330. The molecule has 0 spiro atoms. The summed E-state index contributed by atoms with van der Waals surface area (Å²) in [6.45, 7) is 6.60. The molecule has 0 unspecified atom stereocenters. The van der Waals surface area contributed by atoms with E-state index in [0.29, 0.717) is 11.5 Å². The van der Waals surface area contributed by atoms with Gasteiger partial charge in [0.2, 0.25) is 0 Å². The summed E-state index contributed by atoms with van der Waals surface area (Å²) < 4.78 is 8.70.